The van der Waals surface area contributed by atoms with Crippen molar-refractivity contribution in [1.29, 1.82) is 0 Å². The van der Waals surface area contributed by atoms with Crippen LogP contribution in [-0.4, -0.2) is 38.9 Å². The third-order valence-corrected chi connectivity index (χ3v) is 8.50. The highest BCUT2D eigenvalue weighted by Crippen LogP contribution is 2.59. The van der Waals surface area contributed by atoms with E-state index in [1.54, 1.807) is 13.8 Å². The predicted molar refractivity (Wildman–Crippen MR) is 124 cm³/mol. The molecular formula is C27H42O4. The van der Waals surface area contributed by atoms with Crippen molar-refractivity contribution in [3.05, 3.63) is 35.5 Å². The molecule has 3 saturated carbocycles. The van der Waals surface area contributed by atoms with Crippen LogP contribution in [0.1, 0.15) is 85.5 Å². The standard InChI is InChI=1S/C27H42O4/c1-17(8-13-25(30)26(3,4)31)22-11-12-23-19(7-6-14-27(22,23)5)9-10-20-15-21(28)16-24(29)18(20)2/h9-10,17,21-24,28-29,31H,2,6-8,11-16H2,1,3-5H3/b19-9?,20-10-/t17-,21-,22-,23?,24-,27-/m1/s1. The molecule has 0 bridgehead atoms. The summed E-state index contributed by atoms with van der Waals surface area (Å²) in [6.07, 6.45) is 11.3. The highest BCUT2D eigenvalue weighted by Gasteiger charge is 2.50. The largest absolute Gasteiger partial charge is 0.393 e. The van der Waals surface area contributed by atoms with E-state index in [2.05, 4.69) is 32.6 Å². The summed E-state index contributed by atoms with van der Waals surface area (Å²) in [6.45, 7) is 11.9. The van der Waals surface area contributed by atoms with Crippen LogP contribution in [-0.2, 0) is 4.79 Å². The molecule has 1 unspecified atom stereocenters. The van der Waals surface area contributed by atoms with Crippen molar-refractivity contribution in [3.8, 4) is 0 Å². The first-order chi connectivity index (χ1) is 14.4. The molecular weight excluding hydrogens is 388 g/mol. The molecule has 0 aromatic carbocycles. The van der Waals surface area contributed by atoms with Gasteiger partial charge in [-0.3, -0.25) is 4.79 Å². The van der Waals surface area contributed by atoms with Crippen LogP contribution in [0.4, 0.5) is 0 Å². The Bertz CT molecular complexity index is 756. The molecule has 3 rings (SSSR count). The number of aliphatic hydroxyl groups is 3. The van der Waals surface area contributed by atoms with Crippen molar-refractivity contribution < 1.29 is 20.1 Å². The highest BCUT2D eigenvalue weighted by atomic mass is 16.3. The van der Waals surface area contributed by atoms with E-state index in [9.17, 15) is 20.1 Å². The fraction of sp³-hybridized carbons (Fsp3) is 0.741. The number of ketones is 1. The van der Waals surface area contributed by atoms with Gasteiger partial charge < -0.3 is 15.3 Å². The Kier molecular flexibility index (Phi) is 7.35. The Morgan fingerprint density at radius 1 is 1.29 bits per heavy atom. The average molecular weight is 431 g/mol. The molecule has 3 aliphatic carbocycles. The first-order valence-corrected chi connectivity index (χ1v) is 12.1. The molecule has 0 aromatic rings. The van der Waals surface area contributed by atoms with Crippen LogP contribution in [0.3, 0.4) is 0 Å². The summed E-state index contributed by atoms with van der Waals surface area (Å²) in [4.78, 5) is 12.2. The van der Waals surface area contributed by atoms with Gasteiger partial charge in [0.25, 0.3) is 0 Å². The van der Waals surface area contributed by atoms with Gasteiger partial charge in [0.1, 0.15) is 5.60 Å². The topological polar surface area (TPSA) is 77.8 Å². The molecule has 3 aliphatic rings. The van der Waals surface area contributed by atoms with Gasteiger partial charge in [0.15, 0.2) is 5.78 Å². The lowest BCUT2D eigenvalue weighted by molar-refractivity contribution is -0.134. The molecule has 3 N–H and O–H groups in total. The predicted octanol–water partition coefficient (Wildman–Crippen LogP) is 4.88. The van der Waals surface area contributed by atoms with Crippen LogP contribution in [0.15, 0.2) is 35.5 Å². The lowest BCUT2D eigenvalue weighted by atomic mass is 9.60. The Morgan fingerprint density at radius 2 is 2.00 bits per heavy atom. The van der Waals surface area contributed by atoms with Gasteiger partial charge in [0.2, 0.25) is 0 Å². The SMILES string of the molecule is C=C1/C(=C\C=C2CCC[C@@]3(C)C2CC[C@@H]3[C@H](C)CCC(=O)C(C)(C)O)C[C@@H](O)C[C@H]1O. The molecule has 0 spiro atoms. The number of hydrogen-bond donors (Lipinski definition) is 3. The first-order valence-electron chi connectivity index (χ1n) is 12.1. The molecule has 4 heteroatoms. The van der Waals surface area contributed by atoms with Crippen molar-refractivity contribution in [2.75, 3.05) is 0 Å². The molecule has 0 heterocycles. The summed E-state index contributed by atoms with van der Waals surface area (Å²) in [5, 5.41) is 30.1. The third kappa shape index (κ3) is 5.23. The maximum Gasteiger partial charge on any atom is 0.163 e. The Labute approximate surface area is 188 Å². The summed E-state index contributed by atoms with van der Waals surface area (Å²) in [5.41, 5.74) is 2.23. The lowest BCUT2D eigenvalue weighted by Gasteiger charge is -2.44. The average Bonchev–Trinajstić information content (AvgIpc) is 3.04. The maximum atomic E-state index is 12.2. The van der Waals surface area contributed by atoms with Gasteiger partial charge in [0, 0.05) is 12.8 Å². The highest BCUT2D eigenvalue weighted by molar-refractivity contribution is 5.86. The number of Topliss-reactive ketones (excluding diaryl/α,β-unsaturated/α-hetero) is 1. The van der Waals surface area contributed by atoms with E-state index in [0.29, 0.717) is 37.0 Å². The van der Waals surface area contributed by atoms with Crippen LogP contribution in [0.2, 0.25) is 0 Å². The molecule has 3 fully saturated rings. The van der Waals surface area contributed by atoms with Crippen molar-refractivity contribution >= 4 is 5.78 Å². The number of rotatable bonds is 6. The fourth-order valence-corrected chi connectivity index (χ4v) is 6.55. The monoisotopic (exact) mass is 430 g/mol. The van der Waals surface area contributed by atoms with Crippen LogP contribution >= 0.6 is 0 Å². The number of carbonyl (C=O) groups excluding carboxylic acids is 1. The molecule has 0 aromatic heterocycles. The number of carbonyl (C=O) groups is 1. The van der Waals surface area contributed by atoms with Gasteiger partial charge in [-0.25, -0.2) is 0 Å². The maximum absolute atomic E-state index is 12.2. The summed E-state index contributed by atoms with van der Waals surface area (Å²) >= 11 is 0. The molecule has 0 radical (unpaired) electrons. The molecule has 0 saturated heterocycles. The summed E-state index contributed by atoms with van der Waals surface area (Å²) < 4.78 is 0. The molecule has 0 aliphatic heterocycles. The number of aliphatic hydroxyl groups excluding tert-OH is 2. The van der Waals surface area contributed by atoms with Gasteiger partial charge in [-0.1, -0.05) is 38.2 Å². The van der Waals surface area contributed by atoms with E-state index >= 15 is 0 Å². The number of allylic oxidation sites excluding steroid dienone is 3. The van der Waals surface area contributed by atoms with Gasteiger partial charge >= 0.3 is 0 Å². The van der Waals surface area contributed by atoms with E-state index < -0.39 is 17.8 Å². The Morgan fingerprint density at radius 3 is 2.68 bits per heavy atom. The van der Waals surface area contributed by atoms with Gasteiger partial charge in [-0.05, 0) is 93.1 Å². The van der Waals surface area contributed by atoms with Crippen molar-refractivity contribution in [3.63, 3.8) is 0 Å². The van der Waals surface area contributed by atoms with Crippen LogP contribution in [0.5, 0.6) is 0 Å². The zero-order valence-corrected chi connectivity index (χ0v) is 19.9. The molecule has 4 nitrogen and oxygen atoms in total. The van der Waals surface area contributed by atoms with Crippen LogP contribution < -0.4 is 0 Å². The number of hydrogen-bond acceptors (Lipinski definition) is 4. The van der Waals surface area contributed by atoms with Crippen LogP contribution in [0, 0.1) is 23.2 Å². The summed E-state index contributed by atoms with van der Waals surface area (Å²) in [7, 11) is 0. The minimum atomic E-state index is -1.24. The fourth-order valence-electron chi connectivity index (χ4n) is 6.55. The smallest absolute Gasteiger partial charge is 0.163 e. The summed E-state index contributed by atoms with van der Waals surface area (Å²) in [5.74, 6) is 1.55. The molecule has 0 amide bonds. The van der Waals surface area contributed by atoms with E-state index in [-0.39, 0.29) is 11.2 Å². The Balaban J connectivity index is 1.72. The van der Waals surface area contributed by atoms with E-state index in [0.717, 1.165) is 24.0 Å². The quantitative estimate of drug-likeness (QED) is 0.561. The van der Waals surface area contributed by atoms with E-state index in [4.69, 9.17) is 0 Å². The van der Waals surface area contributed by atoms with E-state index in [1.165, 1.54) is 31.3 Å². The van der Waals surface area contributed by atoms with Crippen molar-refractivity contribution in [2.24, 2.45) is 23.2 Å². The van der Waals surface area contributed by atoms with Crippen LogP contribution in [0.25, 0.3) is 0 Å². The first kappa shape index (κ1) is 24.4. The zero-order valence-electron chi connectivity index (χ0n) is 19.9. The minimum absolute atomic E-state index is 0.0630. The van der Waals surface area contributed by atoms with Gasteiger partial charge in [-0.2, -0.15) is 0 Å². The second kappa shape index (κ2) is 9.33. The van der Waals surface area contributed by atoms with Crippen molar-refractivity contribution in [2.45, 2.75) is 103 Å². The second-order valence-electron chi connectivity index (χ2n) is 11.2. The molecule has 6 atom stereocenters. The minimum Gasteiger partial charge on any atom is -0.393 e. The van der Waals surface area contributed by atoms with Gasteiger partial charge in [0.05, 0.1) is 12.2 Å². The molecule has 31 heavy (non-hydrogen) atoms. The second-order valence-corrected chi connectivity index (χ2v) is 11.2. The molecule has 174 valence electrons. The Hall–Kier alpha value is -1.23. The number of fused-ring (bicyclic) bond motifs is 1. The van der Waals surface area contributed by atoms with E-state index in [1.807, 2.05) is 0 Å². The third-order valence-electron chi connectivity index (χ3n) is 8.50. The zero-order chi connectivity index (χ0) is 23.0. The van der Waals surface area contributed by atoms with Crippen molar-refractivity contribution in [1.82, 2.24) is 0 Å². The lowest BCUT2D eigenvalue weighted by Crippen LogP contribution is -2.36. The summed E-state index contributed by atoms with van der Waals surface area (Å²) in [6, 6.07) is 0. The normalized spacial score (nSPS) is 37.8. The van der Waals surface area contributed by atoms with Gasteiger partial charge in [-0.15, -0.1) is 0 Å².